The van der Waals surface area contributed by atoms with Gasteiger partial charge in [0, 0.05) is 21.6 Å². The van der Waals surface area contributed by atoms with E-state index in [9.17, 15) is 4.53 Å². The van der Waals surface area contributed by atoms with Gasteiger partial charge in [0.1, 0.15) is 0 Å². The first-order chi connectivity index (χ1) is 2.27. The van der Waals surface area contributed by atoms with Crippen LogP contribution in [0.5, 0.6) is 0 Å². The number of rotatable bonds is 1. The molecule has 0 heterocycles. The standard InChI is InChI=1S/Cu.FHO3Si/c;1-4-5(2)3/h;2H. The molecule has 1 N–H and O–H groups in total. The van der Waals surface area contributed by atoms with Crippen molar-refractivity contribution in [2.24, 2.45) is 0 Å². The van der Waals surface area contributed by atoms with Gasteiger partial charge < -0.3 is 4.80 Å². The van der Waals surface area contributed by atoms with Crippen LogP contribution in [0.3, 0.4) is 0 Å². The van der Waals surface area contributed by atoms with Crippen LogP contribution in [0.1, 0.15) is 0 Å². The first-order valence-corrected chi connectivity index (χ1v) is 2.05. The predicted molar refractivity (Wildman–Crippen MR) is 10.9 cm³/mol. The van der Waals surface area contributed by atoms with Gasteiger partial charge in [-0.25, -0.2) is 0 Å². The van der Waals surface area contributed by atoms with Gasteiger partial charge in [-0.15, -0.1) is 0 Å². The van der Waals surface area contributed by atoms with Crippen molar-refractivity contribution in [2.75, 3.05) is 0 Å². The first kappa shape index (κ1) is 9.42. The van der Waals surface area contributed by atoms with Crippen LogP contribution >= 0.6 is 0 Å². The summed E-state index contributed by atoms with van der Waals surface area (Å²) in [5, 5.41) is 0. The Morgan fingerprint density at radius 1 is 1.83 bits per heavy atom. The SMILES string of the molecule is O=[Si](O)OF.[Cu]. The summed E-state index contributed by atoms with van der Waals surface area (Å²) < 4.78 is 21.4. The van der Waals surface area contributed by atoms with Crippen molar-refractivity contribution >= 4 is 9.17 Å². The van der Waals surface area contributed by atoms with Gasteiger partial charge in [0.2, 0.25) is 0 Å². The maximum atomic E-state index is 10.1. The number of hydrogen-bond acceptors (Lipinski definition) is 2. The molecule has 0 unspecified atom stereocenters. The fraction of sp³-hybridized carbons (Fsp3) is 0. The molecule has 0 amide bonds. The van der Waals surface area contributed by atoms with Gasteiger partial charge in [-0.05, 0) is 0 Å². The van der Waals surface area contributed by atoms with Crippen molar-refractivity contribution in [1.82, 2.24) is 0 Å². The monoisotopic (exact) mass is 159 g/mol. The smallest absolute Gasteiger partial charge is 0.510 e. The fourth-order valence-corrected chi connectivity index (χ4v) is 0. The molecule has 41 valence electrons. The Labute approximate surface area is 45.4 Å². The van der Waals surface area contributed by atoms with Gasteiger partial charge in [0.15, 0.2) is 0 Å². The van der Waals surface area contributed by atoms with Gasteiger partial charge in [-0.3, -0.25) is 9.09 Å². The molecule has 0 aliphatic heterocycles. The molecule has 0 atom stereocenters. The molecule has 0 aliphatic rings. The molecule has 0 rings (SSSR count). The van der Waals surface area contributed by atoms with Crippen molar-refractivity contribution in [2.45, 2.75) is 0 Å². The molecular formula is HCuFO3Si. The first-order valence-electron chi connectivity index (χ1n) is 0.786. The molecule has 0 aromatic rings. The van der Waals surface area contributed by atoms with Crippen LogP contribution in [0, 0.1) is 0 Å². The minimum absolute atomic E-state index is 0. The summed E-state index contributed by atoms with van der Waals surface area (Å²) >= 11 is 0. The van der Waals surface area contributed by atoms with E-state index in [2.05, 4.69) is 4.63 Å². The molecule has 6 heteroatoms. The Hall–Kier alpha value is 0.0664. The van der Waals surface area contributed by atoms with E-state index in [4.69, 9.17) is 9.26 Å². The van der Waals surface area contributed by atoms with Gasteiger partial charge in [-0.1, -0.05) is 0 Å². The largest absolute Gasteiger partial charge is 0.803 e. The molecule has 0 aromatic carbocycles. The Balaban J connectivity index is 0. The van der Waals surface area contributed by atoms with Crippen molar-refractivity contribution in [3.05, 3.63) is 0 Å². The molecule has 0 saturated carbocycles. The zero-order valence-corrected chi connectivity index (χ0v) is 4.38. The van der Waals surface area contributed by atoms with Gasteiger partial charge in [0.25, 0.3) is 0 Å². The second-order valence-electron chi connectivity index (χ2n) is 0.343. The molecule has 3 nitrogen and oxygen atoms in total. The molecule has 0 saturated heterocycles. The third-order valence-electron chi connectivity index (χ3n) is 0.0660. The van der Waals surface area contributed by atoms with Crippen molar-refractivity contribution in [3.8, 4) is 0 Å². The molecule has 6 heavy (non-hydrogen) atoms. The van der Waals surface area contributed by atoms with E-state index >= 15 is 0 Å². The quantitative estimate of drug-likeness (QED) is 0.515. The maximum Gasteiger partial charge on any atom is 0.803 e. The summed E-state index contributed by atoms with van der Waals surface area (Å²) in [5.41, 5.74) is 0. The normalized spacial score (nSPS) is 5.50. The minimum atomic E-state index is -3.29. The topological polar surface area (TPSA) is 46.5 Å². The summed E-state index contributed by atoms with van der Waals surface area (Å²) in [7, 11) is -3.29. The van der Waals surface area contributed by atoms with Gasteiger partial charge in [-0.2, -0.15) is 0 Å². The zero-order valence-electron chi connectivity index (χ0n) is 2.44. The van der Waals surface area contributed by atoms with Crippen LogP contribution < -0.4 is 0 Å². The predicted octanol–water partition coefficient (Wildman–Crippen LogP) is -0.707. The van der Waals surface area contributed by atoms with Crippen LogP contribution in [-0.2, 0) is 26.2 Å². The molecule has 0 spiro atoms. The molecule has 1 radical (unpaired) electrons. The summed E-state index contributed by atoms with van der Waals surface area (Å²) in [6, 6.07) is 0. The third-order valence-corrected chi connectivity index (χ3v) is 0.198. The van der Waals surface area contributed by atoms with Crippen LogP contribution in [-0.4, -0.2) is 14.0 Å². The number of hydrogen-bond donors (Lipinski definition) is 1. The van der Waals surface area contributed by atoms with Gasteiger partial charge >= 0.3 is 9.17 Å². The third kappa shape index (κ3) is 8.95. The minimum Gasteiger partial charge on any atom is -0.510 e. The van der Waals surface area contributed by atoms with Crippen LogP contribution in [0.2, 0.25) is 0 Å². The molecule has 0 aromatic heterocycles. The van der Waals surface area contributed by atoms with Gasteiger partial charge in [0.05, 0.1) is 0 Å². The van der Waals surface area contributed by atoms with E-state index < -0.39 is 9.17 Å². The summed E-state index contributed by atoms with van der Waals surface area (Å²) in [6.07, 6.45) is 0. The van der Waals surface area contributed by atoms with Crippen LogP contribution in [0.15, 0.2) is 0 Å². The average molecular weight is 160 g/mol. The van der Waals surface area contributed by atoms with Crippen LogP contribution in [0.25, 0.3) is 0 Å². The van der Waals surface area contributed by atoms with E-state index in [0.717, 1.165) is 0 Å². The Morgan fingerprint density at radius 2 is 2.00 bits per heavy atom. The van der Waals surface area contributed by atoms with Crippen molar-refractivity contribution in [1.29, 1.82) is 0 Å². The molecule has 0 aliphatic carbocycles. The molecule has 0 bridgehead atoms. The fourth-order valence-electron chi connectivity index (χ4n) is 0. The molecular weight excluding hydrogens is 159 g/mol. The Morgan fingerprint density at radius 3 is 2.00 bits per heavy atom. The Kier molecular flexibility index (Phi) is 7.95. The Bertz CT molecular complexity index is 46.1. The zero-order chi connectivity index (χ0) is 4.28. The second kappa shape index (κ2) is 5.07. The van der Waals surface area contributed by atoms with Crippen molar-refractivity contribution < 1.29 is 35.5 Å². The number of halogens is 1. The van der Waals surface area contributed by atoms with Crippen LogP contribution in [0.4, 0.5) is 4.53 Å². The van der Waals surface area contributed by atoms with E-state index in [-0.39, 0.29) is 17.1 Å². The summed E-state index contributed by atoms with van der Waals surface area (Å²) in [5.74, 6) is 0. The van der Waals surface area contributed by atoms with Crippen molar-refractivity contribution in [3.63, 3.8) is 0 Å². The maximum absolute atomic E-state index is 10.1. The molecule has 0 fully saturated rings. The summed E-state index contributed by atoms with van der Waals surface area (Å²) in [4.78, 5) is 7.31. The van der Waals surface area contributed by atoms with E-state index in [1.165, 1.54) is 0 Å². The summed E-state index contributed by atoms with van der Waals surface area (Å²) in [6.45, 7) is 0. The van der Waals surface area contributed by atoms with E-state index in [1.54, 1.807) is 0 Å². The second-order valence-corrected chi connectivity index (χ2v) is 1.03. The van der Waals surface area contributed by atoms with E-state index in [1.807, 2.05) is 0 Å². The average Bonchev–Trinajstić information content (AvgIpc) is 1.38. The van der Waals surface area contributed by atoms with E-state index in [0.29, 0.717) is 0 Å².